The predicted molar refractivity (Wildman–Crippen MR) is 128 cm³/mol. The summed E-state index contributed by atoms with van der Waals surface area (Å²) in [6.07, 6.45) is 3.31. The molecule has 5 amide bonds. The molecule has 0 aliphatic rings. The second-order valence-electron chi connectivity index (χ2n) is 8.40. The third-order valence-electron chi connectivity index (χ3n) is 4.93. The van der Waals surface area contributed by atoms with Crippen molar-refractivity contribution in [3.05, 3.63) is 35.9 Å². The molecule has 2 unspecified atom stereocenters. The molecule has 0 heterocycles. The van der Waals surface area contributed by atoms with Crippen molar-refractivity contribution in [2.45, 2.75) is 64.5 Å². The molecule has 188 valence electrons. The number of nitrogens with zero attached hydrogens (tertiary/aromatic N) is 1. The maximum absolute atomic E-state index is 12.0. The Morgan fingerprint density at radius 1 is 0.941 bits per heavy atom. The second kappa shape index (κ2) is 16.4. The van der Waals surface area contributed by atoms with Crippen LogP contribution in [0.2, 0.25) is 0 Å². The van der Waals surface area contributed by atoms with Crippen LogP contribution in [0.4, 0.5) is 0 Å². The summed E-state index contributed by atoms with van der Waals surface area (Å²) in [5, 5.41) is 7.82. The molecular formula is C24H37N5O5. The van der Waals surface area contributed by atoms with E-state index in [0.717, 1.165) is 10.5 Å². The maximum Gasteiger partial charge on any atom is 0.239 e. The van der Waals surface area contributed by atoms with Crippen LogP contribution >= 0.6 is 0 Å². The maximum atomic E-state index is 12.0. The minimum atomic E-state index is -0.450. The number of hydrogen-bond donors (Lipinski definition) is 4. The first-order chi connectivity index (χ1) is 16.2. The summed E-state index contributed by atoms with van der Waals surface area (Å²) in [4.78, 5) is 59.7. The Bertz CT molecular complexity index is 800. The van der Waals surface area contributed by atoms with Crippen molar-refractivity contribution in [1.82, 2.24) is 20.9 Å². The highest BCUT2D eigenvalue weighted by Gasteiger charge is 2.14. The third kappa shape index (κ3) is 13.3. The Labute approximate surface area is 201 Å². The van der Waals surface area contributed by atoms with E-state index in [2.05, 4.69) is 16.0 Å². The zero-order valence-corrected chi connectivity index (χ0v) is 20.0. The van der Waals surface area contributed by atoms with Gasteiger partial charge in [0.25, 0.3) is 0 Å². The van der Waals surface area contributed by atoms with Crippen molar-refractivity contribution in [1.29, 1.82) is 0 Å². The molecule has 1 rings (SSSR count). The molecule has 10 nitrogen and oxygen atoms in total. The standard InChI is InChI=1S/C24H37N5O5/c1-18(25)13-24(34)29(17-30)12-8-4-7-11-21(31)26-15-22(32)27-16-23(33)28-19(2)14-20-9-5-3-6-10-20/h3,5-6,9-10,17-19H,4,7-8,11-16,25H2,1-2H3,(H,26,31)(H,27,32)(H,28,33). The van der Waals surface area contributed by atoms with E-state index in [4.69, 9.17) is 5.73 Å². The van der Waals surface area contributed by atoms with Gasteiger partial charge < -0.3 is 21.7 Å². The lowest BCUT2D eigenvalue weighted by molar-refractivity contribution is -0.138. The molecule has 0 saturated carbocycles. The molecule has 2 atom stereocenters. The van der Waals surface area contributed by atoms with Crippen molar-refractivity contribution in [2.24, 2.45) is 5.73 Å². The minimum Gasteiger partial charge on any atom is -0.352 e. The molecule has 0 bridgehead atoms. The van der Waals surface area contributed by atoms with Crippen LogP contribution in [0.5, 0.6) is 0 Å². The summed E-state index contributed by atoms with van der Waals surface area (Å²) in [7, 11) is 0. The van der Waals surface area contributed by atoms with Crippen molar-refractivity contribution < 1.29 is 24.0 Å². The molecule has 5 N–H and O–H groups in total. The highest BCUT2D eigenvalue weighted by Crippen LogP contribution is 2.04. The minimum absolute atomic E-state index is 0.0764. The molecule has 0 saturated heterocycles. The van der Waals surface area contributed by atoms with Crippen LogP contribution in [-0.4, -0.2) is 66.7 Å². The number of nitrogens with two attached hydrogens (primary N) is 1. The lowest BCUT2D eigenvalue weighted by Crippen LogP contribution is -2.44. The fourth-order valence-electron chi connectivity index (χ4n) is 3.23. The first-order valence-corrected chi connectivity index (χ1v) is 11.6. The molecular weight excluding hydrogens is 438 g/mol. The quantitative estimate of drug-likeness (QED) is 0.199. The van der Waals surface area contributed by atoms with Gasteiger partial charge in [-0.05, 0) is 38.7 Å². The first kappa shape index (κ1) is 28.8. The van der Waals surface area contributed by atoms with Crippen LogP contribution in [0, 0.1) is 0 Å². The van der Waals surface area contributed by atoms with Crippen molar-refractivity contribution in [3.63, 3.8) is 0 Å². The zero-order chi connectivity index (χ0) is 25.3. The number of nitrogens with one attached hydrogen (secondary N) is 3. The summed E-state index contributed by atoms with van der Waals surface area (Å²) in [6.45, 7) is 3.49. The summed E-state index contributed by atoms with van der Waals surface area (Å²) >= 11 is 0. The average Bonchev–Trinajstić information content (AvgIpc) is 2.78. The highest BCUT2D eigenvalue weighted by molar-refractivity contribution is 5.88. The Morgan fingerprint density at radius 3 is 2.24 bits per heavy atom. The summed E-state index contributed by atoms with van der Waals surface area (Å²) in [5.74, 6) is -1.34. The van der Waals surface area contributed by atoms with Crippen LogP contribution in [0.3, 0.4) is 0 Å². The molecule has 0 radical (unpaired) electrons. The predicted octanol–water partition coefficient (Wildman–Crippen LogP) is 0.249. The van der Waals surface area contributed by atoms with Gasteiger partial charge in [-0.1, -0.05) is 36.8 Å². The Morgan fingerprint density at radius 2 is 1.59 bits per heavy atom. The normalized spacial score (nSPS) is 12.2. The van der Waals surface area contributed by atoms with E-state index in [1.165, 1.54) is 0 Å². The molecule has 1 aromatic carbocycles. The topological polar surface area (TPSA) is 151 Å². The van der Waals surface area contributed by atoms with E-state index < -0.39 is 5.91 Å². The zero-order valence-electron chi connectivity index (χ0n) is 20.0. The van der Waals surface area contributed by atoms with Crippen LogP contribution in [0.1, 0.15) is 51.5 Å². The molecule has 0 spiro atoms. The molecule has 10 heteroatoms. The number of imide groups is 1. The van der Waals surface area contributed by atoms with Gasteiger partial charge in [-0.2, -0.15) is 0 Å². The lowest BCUT2D eigenvalue weighted by atomic mass is 10.1. The first-order valence-electron chi connectivity index (χ1n) is 11.6. The molecule has 34 heavy (non-hydrogen) atoms. The SMILES string of the molecule is CC(N)CC(=O)N(C=O)CCCCCC(=O)NCC(=O)NCC(=O)NC(C)Cc1ccccc1. The molecule has 0 aliphatic heterocycles. The fraction of sp³-hybridized carbons (Fsp3) is 0.542. The lowest BCUT2D eigenvalue weighted by Gasteiger charge is -2.16. The highest BCUT2D eigenvalue weighted by atomic mass is 16.2. The largest absolute Gasteiger partial charge is 0.352 e. The van der Waals surface area contributed by atoms with Gasteiger partial charge in [0.2, 0.25) is 30.0 Å². The molecule has 0 aromatic heterocycles. The van der Waals surface area contributed by atoms with Gasteiger partial charge >= 0.3 is 0 Å². The number of benzene rings is 1. The van der Waals surface area contributed by atoms with Gasteiger partial charge in [-0.15, -0.1) is 0 Å². The Hall–Kier alpha value is -3.27. The smallest absolute Gasteiger partial charge is 0.239 e. The number of carbonyl (C=O) groups excluding carboxylic acids is 5. The Kier molecular flexibility index (Phi) is 13.8. The number of amides is 5. The van der Waals surface area contributed by atoms with Gasteiger partial charge in [-0.25, -0.2) is 0 Å². The van der Waals surface area contributed by atoms with Gasteiger partial charge in [0.05, 0.1) is 13.1 Å². The van der Waals surface area contributed by atoms with Crippen molar-refractivity contribution in [2.75, 3.05) is 19.6 Å². The van der Waals surface area contributed by atoms with Crippen LogP contribution < -0.4 is 21.7 Å². The van der Waals surface area contributed by atoms with Crippen molar-refractivity contribution in [3.8, 4) is 0 Å². The summed E-state index contributed by atoms with van der Waals surface area (Å²) in [5.41, 5.74) is 6.68. The Balaban J connectivity index is 2.12. The van der Waals surface area contributed by atoms with E-state index in [1.54, 1.807) is 6.92 Å². The molecule has 0 aliphatic carbocycles. The van der Waals surface area contributed by atoms with E-state index in [9.17, 15) is 24.0 Å². The molecule has 1 aromatic rings. The fourth-order valence-corrected chi connectivity index (χ4v) is 3.23. The van der Waals surface area contributed by atoms with Crippen LogP contribution in [-0.2, 0) is 30.4 Å². The van der Waals surface area contributed by atoms with Crippen LogP contribution in [0.15, 0.2) is 30.3 Å². The van der Waals surface area contributed by atoms with Gasteiger partial charge in [-0.3, -0.25) is 28.9 Å². The van der Waals surface area contributed by atoms with Crippen molar-refractivity contribution >= 4 is 30.0 Å². The van der Waals surface area contributed by atoms with E-state index >= 15 is 0 Å². The van der Waals surface area contributed by atoms with Crippen LogP contribution in [0.25, 0.3) is 0 Å². The summed E-state index contributed by atoms with van der Waals surface area (Å²) < 4.78 is 0. The van der Waals surface area contributed by atoms with E-state index in [-0.39, 0.29) is 62.3 Å². The van der Waals surface area contributed by atoms with Gasteiger partial charge in [0.15, 0.2) is 0 Å². The number of unbranched alkanes of at least 4 members (excludes halogenated alkanes) is 2. The van der Waals surface area contributed by atoms with E-state index in [1.807, 2.05) is 37.3 Å². The average molecular weight is 476 g/mol. The molecule has 0 fully saturated rings. The monoisotopic (exact) mass is 475 g/mol. The number of rotatable bonds is 16. The number of hydrogen-bond acceptors (Lipinski definition) is 6. The number of carbonyl (C=O) groups is 5. The van der Waals surface area contributed by atoms with Gasteiger partial charge in [0, 0.05) is 31.5 Å². The summed E-state index contributed by atoms with van der Waals surface area (Å²) in [6, 6.07) is 9.38. The van der Waals surface area contributed by atoms with Gasteiger partial charge in [0.1, 0.15) is 0 Å². The second-order valence-corrected chi connectivity index (χ2v) is 8.40. The third-order valence-corrected chi connectivity index (χ3v) is 4.93. The van der Waals surface area contributed by atoms with E-state index in [0.29, 0.717) is 32.1 Å².